The Kier molecular flexibility index (Phi) is 4.69. The van der Waals surface area contributed by atoms with Crippen LogP contribution in [0.2, 0.25) is 0 Å². The van der Waals surface area contributed by atoms with Crippen LogP contribution in [0.5, 0.6) is 0 Å². The first-order valence-electron chi connectivity index (χ1n) is 5.71. The van der Waals surface area contributed by atoms with Gasteiger partial charge in [0.1, 0.15) is 0 Å². The van der Waals surface area contributed by atoms with Gasteiger partial charge in [0.05, 0.1) is 0 Å². The maximum Gasteiger partial charge on any atom is 0.251 e. The van der Waals surface area contributed by atoms with Gasteiger partial charge in [-0.3, -0.25) is 9.59 Å². The van der Waals surface area contributed by atoms with Crippen LogP contribution in [-0.4, -0.2) is 17.9 Å². The second kappa shape index (κ2) is 6.03. The van der Waals surface area contributed by atoms with Gasteiger partial charge in [-0.25, -0.2) is 0 Å². The van der Waals surface area contributed by atoms with Crippen molar-refractivity contribution < 1.29 is 9.59 Å². The van der Waals surface area contributed by atoms with E-state index in [0.717, 1.165) is 12.0 Å². The van der Waals surface area contributed by atoms with Gasteiger partial charge in [0.25, 0.3) is 5.91 Å². The summed E-state index contributed by atoms with van der Waals surface area (Å²) in [6, 6.07) is 7.19. The maximum atomic E-state index is 11.8. The highest BCUT2D eigenvalue weighted by atomic mass is 16.2. The SMILES string of the molecule is CCc1cccc(C(=O)NC(C)CC(N)=O)c1. The summed E-state index contributed by atoms with van der Waals surface area (Å²) in [6.45, 7) is 3.79. The summed E-state index contributed by atoms with van der Waals surface area (Å²) in [6.07, 6.45) is 1.04. The summed E-state index contributed by atoms with van der Waals surface area (Å²) in [4.78, 5) is 22.5. The van der Waals surface area contributed by atoms with Gasteiger partial charge in [-0.1, -0.05) is 19.1 Å². The zero-order chi connectivity index (χ0) is 12.8. The number of hydrogen-bond donors (Lipinski definition) is 2. The summed E-state index contributed by atoms with van der Waals surface area (Å²) < 4.78 is 0. The third kappa shape index (κ3) is 4.26. The molecule has 0 fully saturated rings. The summed E-state index contributed by atoms with van der Waals surface area (Å²) >= 11 is 0. The third-order valence-corrected chi connectivity index (χ3v) is 2.48. The lowest BCUT2D eigenvalue weighted by molar-refractivity contribution is -0.118. The van der Waals surface area contributed by atoms with Gasteiger partial charge < -0.3 is 11.1 Å². The fourth-order valence-corrected chi connectivity index (χ4v) is 1.59. The normalized spacial score (nSPS) is 11.9. The molecule has 4 heteroatoms. The largest absolute Gasteiger partial charge is 0.370 e. The molecule has 3 N–H and O–H groups in total. The lowest BCUT2D eigenvalue weighted by atomic mass is 10.1. The van der Waals surface area contributed by atoms with Crippen LogP contribution in [0.3, 0.4) is 0 Å². The Morgan fingerprint density at radius 2 is 2.12 bits per heavy atom. The fourth-order valence-electron chi connectivity index (χ4n) is 1.59. The van der Waals surface area contributed by atoms with Crippen molar-refractivity contribution in [3.63, 3.8) is 0 Å². The zero-order valence-corrected chi connectivity index (χ0v) is 10.2. The first kappa shape index (κ1) is 13.2. The number of rotatable bonds is 5. The van der Waals surface area contributed by atoms with Crippen LogP contribution in [0.25, 0.3) is 0 Å². The third-order valence-electron chi connectivity index (χ3n) is 2.48. The second-order valence-electron chi connectivity index (χ2n) is 4.10. The molecule has 17 heavy (non-hydrogen) atoms. The Labute approximate surface area is 101 Å². The second-order valence-corrected chi connectivity index (χ2v) is 4.10. The van der Waals surface area contributed by atoms with E-state index in [-0.39, 0.29) is 18.4 Å². The van der Waals surface area contributed by atoms with E-state index in [1.54, 1.807) is 13.0 Å². The van der Waals surface area contributed by atoms with E-state index in [9.17, 15) is 9.59 Å². The molecule has 0 aliphatic carbocycles. The van der Waals surface area contributed by atoms with Crippen molar-refractivity contribution in [3.05, 3.63) is 35.4 Å². The van der Waals surface area contributed by atoms with Crippen molar-refractivity contribution in [1.29, 1.82) is 0 Å². The average molecular weight is 234 g/mol. The molecule has 1 rings (SSSR count). The molecule has 1 atom stereocenters. The topological polar surface area (TPSA) is 72.2 Å². The van der Waals surface area contributed by atoms with Gasteiger partial charge in [-0.05, 0) is 31.0 Å². The minimum absolute atomic E-state index is 0.152. The van der Waals surface area contributed by atoms with Crippen LogP contribution in [-0.2, 0) is 11.2 Å². The lowest BCUT2D eigenvalue weighted by Gasteiger charge is -2.12. The molecule has 1 aromatic rings. The molecular weight excluding hydrogens is 216 g/mol. The first-order chi connectivity index (χ1) is 8.02. The molecule has 92 valence electrons. The molecule has 0 heterocycles. The molecule has 0 saturated carbocycles. The van der Waals surface area contributed by atoms with E-state index in [0.29, 0.717) is 5.56 Å². The molecule has 0 aromatic heterocycles. The summed E-state index contributed by atoms with van der Waals surface area (Å²) in [5.74, 6) is -0.589. The van der Waals surface area contributed by atoms with E-state index >= 15 is 0 Å². The lowest BCUT2D eigenvalue weighted by Crippen LogP contribution is -2.35. The summed E-state index contributed by atoms with van der Waals surface area (Å²) in [5.41, 5.74) is 6.79. The predicted octanol–water partition coefficient (Wildman–Crippen LogP) is 1.24. The average Bonchev–Trinajstić information content (AvgIpc) is 2.27. The van der Waals surface area contributed by atoms with Gasteiger partial charge in [-0.2, -0.15) is 0 Å². The Hall–Kier alpha value is -1.84. The molecule has 2 amide bonds. The molecule has 1 unspecified atom stereocenters. The number of amides is 2. The van der Waals surface area contributed by atoms with Crippen LogP contribution in [0.15, 0.2) is 24.3 Å². The Bertz CT molecular complexity index is 416. The van der Waals surface area contributed by atoms with E-state index in [1.165, 1.54) is 0 Å². The van der Waals surface area contributed by atoms with Crippen LogP contribution < -0.4 is 11.1 Å². The smallest absolute Gasteiger partial charge is 0.251 e. The maximum absolute atomic E-state index is 11.8. The van der Waals surface area contributed by atoms with Crippen LogP contribution in [0.1, 0.15) is 36.2 Å². The number of nitrogens with two attached hydrogens (primary N) is 1. The van der Waals surface area contributed by atoms with E-state index in [2.05, 4.69) is 5.32 Å². The zero-order valence-electron chi connectivity index (χ0n) is 10.2. The highest BCUT2D eigenvalue weighted by molar-refractivity contribution is 5.94. The quantitative estimate of drug-likeness (QED) is 0.804. The van der Waals surface area contributed by atoms with Gasteiger partial charge in [0, 0.05) is 18.0 Å². The van der Waals surface area contributed by atoms with Crippen LogP contribution >= 0.6 is 0 Å². The highest BCUT2D eigenvalue weighted by Crippen LogP contribution is 2.06. The molecule has 0 saturated heterocycles. The molecular formula is C13H18N2O2. The van der Waals surface area contributed by atoms with E-state index in [4.69, 9.17) is 5.73 Å². The standard InChI is InChI=1S/C13H18N2O2/c1-3-10-5-4-6-11(8-10)13(17)15-9(2)7-12(14)16/h4-6,8-9H,3,7H2,1-2H3,(H2,14,16)(H,15,17). The number of nitrogens with one attached hydrogen (secondary N) is 1. The van der Waals surface area contributed by atoms with Crippen molar-refractivity contribution in [2.24, 2.45) is 5.73 Å². The van der Waals surface area contributed by atoms with Crippen LogP contribution in [0, 0.1) is 0 Å². The summed E-state index contributed by atoms with van der Waals surface area (Å²) in [7, 11) is 0. The molecule has 4 nitrogen and oxygen atoms in total. The number of benzene rings is 1. The molecule has 0 radical (unpaired) electrons. The van der Waals surface area contributed by atoms with E-state index < -0.39 is 5.91 Å². The van der Waals surface area contributed by atoms with Crippen molar-refractivity contribution in [3.8, 4) is 0 Å². The molecule has 0 aliphatic rings. The minimum atomic E-state index is -0.417. The van der Waals surface area contributed by atoms with E-state index in [1.807, 2.05) is 25.1 Å². The van der Waals surface area contributed by atoms with Gasteiger partial charge in [0.2, 0.25) is 5.91 Å². The molecule has 0 bridgehead atoms. The van der Waals surface area contributed by atoms with Crippen molar-refractivity contribution in [2.45, 2.75) is 32.7 Å². The number of hydrogen-bond acceptors (Lipinski definition) is 2. The highest BCUT2D eigenvalue weighted by Gasteiger charge is 2.11. The van der Waals surface area contributed by atoms with Crippen LogP contribution in [0.4, 0.5) is 0 Å². The summed E-state index contributed by atoms with van der Waals surface area (Å²) in [5, 5.41) is 2.74. The number of primary amides is 1. The Balaban J connectivity index is 2.66. The fraction of sp³-hybridized carbons (Fsp3) is 0.385. The predicted molar refractivity (Wildman–Crippen MR) is 66.6 cm³/mol. The number of carbonyl (C=O) groups excluding carboxylic acids is 2. The molecule has 1 aromatic carbocycles. The monoisotopic (exact) mass is 234 g/mol. The number of aryl methyl sites for hydroxylation is 1. The van der Waals surface area contributed by atoms with Crippen molar-refractivity contribution in [1.82, 2.24) is 5.32 Å². The Morgan fingerprint density at radius 3 is 2.71 bits per heavy atom. The molecule has 0 spiro atoms. The molecule has 0 aliphatic heterocycles. The first-order valence-corrected chi connectivity index (χ1v) is 5.71. The van der Waals surface area contributed by atoms with Gasteiger partial charge >= 0.3 is 0 Å². The van der Waals surface area contributed by atoms with Crippen molar-refractivity contribution >= 4 is 11.8 Å². The van der Waals surface area contributed by atoms with Crippen molar-refractivity contribution in [2.75, 3.05) is 0 Å². The Morgan fingerprint density at radius 1 is 1.41 bits per heavy atom. The van der Waals surface area contributed by atoms with Gasteiger partial charge in [0.15, 0.2) is 0 Å². The minimum Gasteiger partial charge on any atom is -0.370 e. The van der Waals surface area contributed by atoms with Gasteiger partial charge in [-0.15, -0.1) is 0 Å². The number of carbonyl (C=O) groups is 2.